The zero-order valence-electron chi connectivity index (χ0n) is 24.1. The van der Waals surface area contributed by atoms with Crippen molar-refractivity contribution in [1.29, 1.82) is 0 Å². The lowest BCUT2D eigenvalue weighted by Crippen LogP contribution is -2.43. The Morgan fingerprint density at radius 3 is 2.57 bits per heavy atom. The molecule has 14 heteroatoms. The van der Waals surface area contributed by atoms with Crippen molar-refractivity contribution in [3.63, 3.8) is 0 Å². The molecular formula is C30H34N7O6P. The van der Waals surface area contributed by atoms with Crippen LogP contribution in [0.25, 0.3) is 11.2 Å². The summed E-state index contributed by atoms with van der Waals surface area (Å²) in [5.74, 6) is -0.413. The van der Waals surface area contributed by atoms with Gasteiger partial charge in [-0.1, -0.05) is 60.7 Å². The first-order chi connectivity index (χ1) is 21.3. The van der Waals surface area contributed by atoms with Crippen LogP contribution >= 0.6 is 7.82 Å². The molecule has 0 aliphatic heterocycles. The summed E-state index contributed by atoms with van der Waals surface area (Å²) in [5.41, 5.74) is 8.62. The molecule has 4 aromatic rings. The molecule has 2 heterocycles. The number of nitrogen functional groups attached to an aromatic ring is 1. The number of imidazole rings is 1. The standard InChI is InChI=1S/C30H34N7O6P/c1-41-37(23-10-6-3-7-11-23)25(17-20-8-4-2-5-9-20)29(38)43-44(39,40)42-18-21-12-15-24(16-21)36-19-32-26-27(33-22-13-14-22)34-30(31)35-28(26)36/h2-12,15,19,21-22,24-25H,13-14,16-18H2,1H3,(H,39,40)(H3,31,33,34,35)/t21-,24+,25+/m1/s1. The third kappa shape index (κ3) is 6.92. The number of nitrogens with one attached hydrogen (secondary N) is 1. The summed E-state index contributed by atoms with van der Waals surface area (Å²) in [6, 6.07) is 17.4. The number of fused-ring (bicyclic) bond motifs is 1. The number of hydroxylamine groups is 1. The zero-order chi connectivity index (χ0) is 30.7. The van der Waals surface area contributed by atoms with Gasteiger partial charge in [0, 0.05) is 18.4 Å². The lowest BCUT2D eigenvalue weighted by Gasteiger charge is -2.30. The number of nitrogens with two attached hydrogens (primary N) is 1. The number of hydrogen-bond donors (Lipinski definition) is 3. The van der Waals surface area contributed by atoms with E-state index in [2.05, 4.69) is 20.3 Å². The number of aromatic nitrogens is 4. The van der Waals surface area contributed by atoms with Crippen molar-refractivity contribution in [3.05, 3.63) is 84.7 Å². The van der Waals surface area contributed by atoms with Crippen LogP contribution in [-0.2, 0) is 29.7 Å². The summed E-state index contributed by atoms with van der Waals surface area (Å²) in [6.07, 6.45) is 8.42. The Kier molecular flexibility index (Phi) is 8.62. The largest absolute Gasteiger partial charge is 0.529 e. The summed E-state index contributed by atoms with van der Waals surface area (Å²) >= 11 is 0. The van der Waals surface area contributed by atoms with E-state index in [0.29, 0.717) is 35.1 Å². The molecule has 1 unspecified atom stereocenters. The van der Waals surface area contributed by atoms with E-state index in [9.17, 15) is 14.3 Å². The maximum atomic E-state index is 13.4. The number of allylic oxidation sites excluding steroid dienone is 1. The molecule has 13 nitrogen and oxygen atoms in total. The second-order valence-corrected chi connectivity index (χ2v) is 12.2. The number of carbonyl (C=O) groups excluding carboxylic acids is 1. The highest BCUT2D eigenvalue weighted by molar-refractivity contribution is 7.48. The predicted octanol–water partition coefficient (Wildman–Crippen LogP) is 4.44. The third-order valence-corrected chi connectivity index (χ3v) is 8.44. The van der Waals surface area contributed by atoms with Crippen LogP contribution in [0.5, 0.6) is 0 Å². The minimum Gasteiger partial charge on any atom is -0.369 e. The molecule has 2 aromatic carbocycles. The van der Waals surface area contributed by atoms with Crippen molar-refractivity contribution in [3.8, 4) is 0 Å². The maximum absolute atomic E-state index is 13.4. The Bertz CT molecular complexity index is 1680. The third-order valence-electron chi connectivity index (χ3n) is 7.56. The predicted molar refractivity (Wildman–Crippen MR) is 164 cm³/mol. The zero-order valence-corrected chi connectivity index (χ0v) is 25.0. The summed E-state index contributed by atoms with van der Waals surface area (Å²) in [5, 5.41) is 4.71. The second kappa shape index (κ2) is 12.7. The fraction of sp³-hybridized carbons (Fsp3) is 0.333. The monoisotopic (exact) mass is 619 g/mol. The van der Waals surface area contributed by atoms with Crippen LogP contribution in [0.3, 0.4) is 0 Å². The highest BCUT2D eigenvalue weighted by Crippen LogP contribution is 2.46. The number of benzene rings is 2. The number of phosphoric ester groups is 1. The average molecular weight is 620 g/mol. The molecule has 0 radical (unpaired) electrons. The van der Waals surface area contributed by atoms with Gasteiger partial charge in [-0.3, -0.25) is 14.3 Å². The van der Waals surface area contributed by atoms with E-state index in [1.165, 1.54) is 12.2 Å². The van der Waals surface area contributed by atoms with Gasteiger partial charge in [0.05, 0.1) is 31.8 Å². The van der Waals surface area contributed by atoms with Gasteiger partial charge >= 0.3 is 13.8 Å². The normalized spacial score (nSPS) is 19.9. The molecule has 1 saturated carbocycles. The Hall–Kier alpha value is -4.29. The molecule has 2 aromatic heterocycles. The van der Waals surface area contributed by atoms with Gasteiger partial charge in [-0.2, -0.15) is 9.97 Å². The van der Waals surface area contributed by atoms with Gasteiger partial charge in [0.2, 0.25) is 5.95 Å². The number of anilines is 3. The minimum atomic E-state index is -4.77. The van der Waals surface area contributed by atoms with Gasteiger partial charge in [0.1, 0.15) is 0 Å². The minimum absolute atomic E-state index is 0.131. The van der Waals surface area contributed by atoms with E-state index in [0.717, 1.165) is 18.4 Å². The van der Waals surface area contributed by atoms with E-state index in [-0.39, 0.29) is 30.9 Å². The molecule has 230 valence electrons. The molecule has 2 aliphatic rings. The van der Waals surface area contributed by atoms with Crippen molar-refractivity contribution in [2.45, 2.75) is 43.8 Å². The van der Waals surface area contributed by atoms with Gasteiger partial charge in [-0.25, -0.2) is 19.4 Å². The van der Waals surface area contributed by atoms with Crippen LogP contribution in [-0.4, -0.2) is 56.2 Å². The second-order valence-electron chi connectivity index (χ2n) is 10.8. The quantitative estimate of drug-likeness (QED) is 0.110. The topological polar surface area (TPSA) is 167 Å². The first kappa shape index (κ1) is 29.8. The molecule has 0 bridgehead atoms. The van der Waals surface area contributed by atoms with Crippen LogP contribution < -0.4 is 16.1 Å². The van der Waals surface area contributed by atoms with Gasteiger partial charge in [-0.15, -0.1) is 0 Å². The van der Waals surface area contributed by atoms with Gasteiger partial charge in [0.15, 0.2) is 23.0 Å². The van der Waals surface area contributed by atoms with Crippen LogP contribution in [0.4, 0.5) is 17.5 Å². The van der Waals surface area contributed by atoms with Crippen molar-refractivity contribution >= 4 is 42.4 Å². The molecule has 6 rings (SSSR count). The van der Waals surface area contributed by atoms with Crippen LogP contribution in [0.1, 0.15) is 30.9 Å². The first-order valence-electron chi connectivity index (χ1n) is 14.4. The molecule has 0 amide bonds. The fourth-order valence-electron chi connectivity index (χ4n) is 5.26. The lowest BCUT2D eigenvalue weighted by molar-refractivity contribution is -0.139. The Morgan fingerprint density at radius 1 is 1.14 bits per heavy atom. The molecule has 4 N–H and O–H groups in total. The molecule has 44 heavy (non-hydrogen) atoms. The molecule has 2 aliphatic carbocycles. The van der Waals surface area contributed by atoms with E-state index >= 15 is 0 Å². The van der Waals surface area contributed by atoms with Crippen LogP contribution in [0, 0.1) is 5.92 Å². The van der Waals surface area contributed by atoms with E-state index in [1.54, 1.807) is 30.6 Å². The Morgan fingerprint density at radius 2 is 1.86 bits per heavy atom. The van der Waals surface area contributed by atoms with Crippen molar-refractivity contribution < 1.29 is 28.1 Å². The number of nitrogens with zero attached hydrogens (tertiary/aromatic N) is 5. The summed E-state index contributed by atoms with van der Waals surface area (Å²) < 4.78 is 25.3. The Balaban J connectivity index is 1.10. The van der Waals surface area contributed by atoms with Gasteiger partial charge < -0.3 is 20.1 Å². The van der Waals surface area contributed by atoms with E-state index < -0.39 is 19.8 Å². The van der Waals surface area contributed by atoms with Crippen molar-refractivity contribution in [1.82, 2.24) is 19.5 Å². The van der Waals surface area contributed by atoms with Crippen molar-refractivity contribution in [2.75, 3.05) is 29.8 Å². The molecule has 1 fully saturated rings. The molecule has 4 atom stereocenters. The maximum Gasteiger partial charge on any atom is 0.529 e. The number of hydrogen-bond acceptors (Lipinski definition) is 11. The number of para-hydroxylation sites is 1. The highest BCUT2D eigenvalue weighted by Gasteiger charge is 2.36. The number of phosphoric acid groups is 1. The number of rotatable bonds is 13. The lowest BCUT2D eigenvalue weighted by atomic mass is 10.1. The Labute approximate surface area is 254 Å². The fourth-order valence-corrected chi connectivity index (χ4v) is 6.04. The van der Waals surface area contributed by atoms with Crippen LogP contribution in [0.2, 0.25) is 0 Å². The molecule has 0 spiro atoms. The van der Waals surface area contributed by atoms with Crippen molar-refractivity contribution in [2.24, 2.45) is 5.92 Å². The van der Waals surface area contributed by atoms with E-state index in [4.69, 9.17) is 19.6 Å². The SMILES string of the molecule is CON(c1ccccc1)[C@@H](Cc1ccccc1)C(=O)OP(=O)(O)OC[C@@H]1C=C[C@H](n2cnc3c(NC4CC4)nc(N)nc32)C1. The van der Waals surface area contributed by atoms with Crippen LogP contribution in [0.15, 0.2) is 79.1 Å². The smallest absolute Gasteiger partial charge is 0.369 e. The first-order valence-corrected chi connectivity index (χ1v) is 15.9. The summed E-state index contributed by atoms with van der Waals surface area (Å²) in [6.45, 7) is -0.137. The molecular weight excluding hydrogens is 585 g/mol. The van der Waals surface area contributed by atoms with Gasteiger partial charge in [0.25, 0.3) is 0 Å². The highest BCUT2D eigenvalue weighted by atomic mass is 31.2. The summed E-state index contributed by atoms with van der Waals surface area (Å²) in [7, 11) is -3.35. The molecule has 0 saturated heterocycles. The number of carbonyl (C=O) groups is 1. The van der Waals surface area contributed by atoms with E-state index in [1.807, 2.05) is 53.1 Å². The van der Waals surface area contributed by atoms with Gasteiger partial charge in [-0.05, 0) is 37.0 Å². The summed E-state index contributed by atoms with van der Waals surface area (Å²) in [4.78, 5) is 42.7. The average Bonchev–Trinajstić information content (AvgIpc) is 3.53.